The number of nitrogens with two attached hydrogens (primary N) is 1. The summed E-state index contributed by atoms with van der Waals surface area (Å²) in [5.41, 5.74) is 7.89. The van der Waals surface area contributed by atoms with E-state index in [-0.39, 0.29) is 0 Å². The molecule has 4 heteroatoms. The third-order valence-electron chi connectivity index (χ3n) is 2.50. The lowest BCUT2D eigenvalue weighted by Gasteiger charge is -2.08. The molecule has 2 aromatic rings. The molecular weight excluding hydrogens is 232 g/mol. The van der Waals surface area contributed by atoms with Crippen molar-refractivity contribution in [2.75, 3.05) is 0 Å². The number of aromatic nitrogens is 1. The molecule has 0 spiro atoms. The Morgan fingerprint density at radius 1 is 1.35 bits per heavy atom. The highest BCUT2D eigenvalue weighted by Crippen LogP contribution is 2.21. The highest BCUT2D eigenvalue weighted by Gasteiger charge is 2.04. The van der Waals surface area contributed by atoms with Gasteiger partial charge in [-0.05, 0) is 31.0 Å². The fourth-order valence-electron chi connectivity index (χ4n) is 1.51. The molecule has 1 aromatic heterocycles. The van der Waals surface area contributed by atoms with E-state index >= 15 is 0 Å². The van der Waals surface area contributed by atoms with E-state index in [4.69, 9.17) is 10.5 Å². The normalized spacial score (nSPS) is 10.5. The minimum atomic E-state index is 0.509. The summed E-state index contributed by atoms with van der Waals surface area (Å²) in [5.74, 6) is 0.925. The number of ether oxygens (including phenoxy) is 1. The number of nitrogens with zero attached hydrogens (tertiary/aromatic N) is 1. The number of rotatable bonds is 4. The molecule has 0 saturated heterocycles. The molecule has 0 radical (unpaired) electrons. The fourth-order valence-corrected chi connectivity index (χ4v) is 2.23. The van der Waals surface area contributed by atoms with Gasteiger partial charge in [-0.2, -0.15) is 0 Å². The summed E-state index contributed by atoms with van der Waals surface area (Å²) in [6.45, 7) is 5.15. The third kappa shape index (κ3) is 3.05. The first kappa shape index (κ1) is 12.1. The molecule has 0 bridgehead atoms. The zero-order valence-electron chi connectivity index (χ0n) is 10.1. The van der Waals surface area contributed by atoms with Gasteiger partial charge < -0.3 is 10.5 Å². The third-order valence-corrected chi connectivity index (χ3v) is 3.49. The SMILES string of the molecule is Cc1ccc(C)c(OCc2ncc(CN)s2)c1. The Bertz CT molecular complexity index is 508. The lowest BCUT2D eigenvalue weighted by atomic mass is 10.1. The number of aryl methyl sites for hydroxylation is 2. The number of thiazole rings is 1. The largest absolute Gasteiger partial charge is 0.486 e. The maximum absolute atomic E-state index is 5.77. The van der Waals surface area contributed by atoms with Gasteiger partial charge in [0, 0.05) is 17.6 Å². The van der Waals surface area contributed by atoms with Gasteiger partial charge >= 0.3 is 0 Å². The van der Waals surface area contributed by atoms with Crippen molar-refractivity contribution in [2.24, 2.45) is 5.73 Å². The molecule has 0 amide bonds. The summed E-state index contributed by atoms with van der Waals surface area (Å²) in [6, 6.07) is 6.20. The Kier molecular flexibility index (Phi) is 3.76. The number of hydrogen-bond donors (Lipinski definition) is 1. The molecule has 3 nitrogen and oxygen atoms in total. The second kappa shape index (κ2) is 5.29. The predicted molar refractivity (Wildman–Crippen MR) is 70.3 cm³/mol. The second-order valence-corrected chi connectivity index (χ2v) is 5.18. The van der Waals surface area contributed by atoms with Gasteiger partial charge in [0.25, 0.3) is 0 Å². The summed E-state index contributed by atoms with van der Waals surface area (Å²) >= 11 is 1.60. The van der Waals surface area contributed by atoms with Crippen molar-refractivity contribution in [1.82, 2.24) is 4.98 Å². The topological polar surface area (TPSA) is 48.1 Å². The summed E-state index contributed by atoms with van der Waals surface area (Å²) in [4.78, 5) is 5.36. The lowest BCUT2D eigenvalue weighted by Crippen LogP contribution is -1.96. The molecule has 2 N–H and O–H groups in total. The smallest absolute Gasteiger partial charge is 0.140 e. The van der Waals surface area contributed by atoms with E-state index in [9.17, 15) is 0 Å². The minimum absolute atomic E-state index is 0.509. The van der Waals surface area contributed by atoms with Crippen molar-refractivity contribution in [3.8, 4) is 5.75 Å². The van der Waals surface area contributed by atoms with Crippen LogP contribution in [0.4, 0.5) is 0 Å². The Morgan fingerprint density at radius 3 is 2.88 bits per heavy atom. The van der Waals surface area contributed by atoms with E-state index in [0.717, 1.165) is 21.2 Å². The molecule has 0 atom stereocenters. The Balaban J connectivity index is 2.04. The molecule has 17 heavy (non-hydrogen) atoms. The van der Waals surface area contributed by atoms with Crippen LogP contribution in [0.25, 0.3) is 0 Å². The van der Waals surface area contributed by atoms with Crippen molar-refractivity contribution in [2.45, 2.75) is 27.0 Å². The predicted octanol–water partition coefficient (Wildman–Crippen LogP) is 2.80. The van der Waals surface area contributed by atoms with Crippen molar-refractivity contribution in [3.05, 3.63) is 45.4 Å². The van der Waals surface area contributed by atoms with Crippen LogP contribution in [-0.2, 0) is 13.2 Å². The van der Waals surface area contributed by atoms with Crippen LogP contribution >= 0.6 is 11.3 Å². The molecule has 0 aliphatic carbocycles. The summed E-state index contributed by atoms with van der Waals surface area (Å²) < 4.78 is 5.77. The maximum atomic E-state index is 5.77. The van der Waals surface area contributed by atoms with Gasteiger partial charge in [0.2, 0.25) is 0 Å². The standard InChI is InChI=1S/C13H16N2OS/c1-9-3-4-10(2)12(5-9)16-8-13-15-7-11(6-14)17-13/h3-5,7H,6,8,14H2,1-2H3. The van der Waals surface area contributed by atoms with Crippen molar-refractivity contribution < 1.29 is 4.74 Å². The molecule has 1 aromatic carbocycles. The zero-order chi connectivity index (χ0) is 12.3. The number of benzene rings is 1. The minimum Gasteiger partial charge on any atom is -0.486 e. The van der Waals surface area contributed by atoms with E-state index in [1.54, 1.807) is 11.3 Å². The van der Waals surface area contributed by atoms with Gasteiger partial charge in [-0.25, -0.2) is 4.98 Å². The molecule has 0 saturated carbocycles. The molecule has 1 heterocycles. The Hall–Kier alpha value is -1.39. The number of hydrogen-bond acceptors (Lipinski definition) is 4. The van der Waals surface area contributed by atoms with Crippen LogP contribution in [0.15, 0.2) is 24.4 Å². The van der Waals surface area contributed by atoms with E-state index < -0.39 is 0 Å². The van der Waals surface area contributed by atoms with Gasteiger partial charge in [-0.15, -0.1) is 11.3 Å². The van der Waals surface area contributed by atoms with Gasteiger partial charge in [0.05, 0.1) is 0 Å². The molecule has 2 rings (SSSR count). The first-order chi connectivity index (χ1) is 8.19. The Labute approximate surface area is 105 Å². The van der Waals surface area contributed by atoms with Crippen LogP contribution in [-0.4, -0.2) is 4.98 Å². The quantitative estimate of drug-likeness (QED) is 0.905. The molecule has 0 fully saturated rings. The van der Waals surface area contributed by atoms with E-state index in [1.165, 1.54) is 5.56 Å². The van der Waals surface area contributed by atoms with Crippen LogP contribution in [0, 0.1) is 13.8 Å². The molecule has 0 aliphatic heterocycles. The van der Waals surface area contributed by atoms with E-state index in [2.05, 4.69) is 24.0 Å². The highest BCUT2D eigenvalue weighted by atomic mass is 32.1. The van der Waals surface area contributed by atoms with E-state index in [0.29, 0.717) is 13.2 Å². The van der Waals surface area contributed by atoms with Gasteiger partial charge in [-0.1, -0.05) is 12.1 Å². The average molecular weight is 248 g/mol. The summed E-state index contributed by atoms with van der Waals surface area (Å²) in [5, 5.41) is 0.964. The molecule has 0 aliphatic rings. The van der Waals surface area contributed by atoms with Crippen molar-refractivity contribution in [1.29, 1.82) is 0 Å². The molecular formula is C13H16N2OS. The highest BCUT2D eigenvalue weighted by molar-refractivity contribution is 7.11. The summed E-state index contributed by atoms with van der Waals surface area (Å²) in [7, 11) is 0. The molecule has 0 unspecified atom stereocenters. The first-order valence-electron chi connectivity index (χ1n) is 5.52. The lowest BCUT2D eigenvalue weighted by molar-refractivity contribution is 0.303. The second-order valence-electron chi connectivity index (χ2n) is 3.98. The van der Waals surface area contributed by atoms with Crippen LogP contribution in [0.3, 0.4) is 0 Å². The monoisotopic (exact) mass is 248 g/mol. The van der Waals surface area contributed by atoms with Gasteiger partial charge in [-0.3, -0.25) is 0 Å². The van der Waals surface area contributed by atoms with Crippen LogP contribution < -0.4 is 10.5 Å². The van der Waals surface area contributed by atoms with Crippen molar-refractivity contribution >= 4 is 11.3 Å². The van der Waals surface area contributed by atoms with Crippen LogP contribution in [0.2, 0.25) is 0 Å². The first-order valence-corrected chi connectivity index (χ1v) is 6.34. The summed E-state index contributed by atoms with van der Waals surface area (Å²) in [6.07, 6.45) is 1.81. The van der Waals surface area contributed by atoms with Crippen molar-refractivity contribution in [3.63, 3.8) is 0 Å². The van der Waals surface area contributed by atoms with Crippen LogP contribution in [0.1, 0.15) is 21.0 Å². The van der Waals surface area contributed by atoms with Gasteiger partial charge in [0.15, 0.2) is 0 Å². The average Bonchev–Trinajstić information content (AvgIpc) is 2.78. The maximum Gasteiger partial charge on any atom is 0.140 e. The molecule has 90 valence electrons. The Morgan fingerprint density at radius 2 is 2.18 bits per heavy atom. The van der Waals surface area contributed by atoms with Gasteiger partial charge in [0.1, 0.15) is 17.4 Å². The fraction of sp³-hybridized carbons (Fsp3) is 0.308. The van der Waals surface area contributed by atoms with Crippen LogP contribution in [0.5, 0.6) is 5.75 Å². The zero-order valence-corrected chi connectivity index (χ0v) is 10.9. The van der Waals surface area contributed by atoms with E-state index in [1.807, 2.05) is 19.2 Å².